The van der Waals surface area contributed by atoms with Gasteiger partial charge in [-0.2, -0.15) is 13.2 Å². The van der Waals surface area contributed by atoms with Crippen molar-refractivity contribution >= 4 is 27.4 Å². The molecule has 0 bridgehead atoms. The van der Waals surface area contributed by atoms with Gasteiger partial charge in [0.15, 0.2) is 0 Å². The molecule has 0 unspecified atom stereocenters. The maximum absolute atomic E-state index is 12.9. The van der Waals surface area contributed by atoms with Crippen molar-refractivity contribution in [3.63, 3.8) is 0 Å². The van der Waals surface area contributed by atoms with Crippen LogP contribution in [0.2, 0.25) is 5.02 Å². The number of halogens is 4. The van der Waals surface area contributed by atoms with Crippen LogP contribution >= 0.6 is 11.6 Å². The fraction of sp³-hybridized carbons (Fsp3) is 0.389. The molecular formula is C18H19ClF3N3O2S. The molecule has 1 aromatic heterocycles. The minimum atomic E-state index is -4.65. The summed E-state index contributed by atoms with van der Waals surface area (Å²) in [6.07, 6.45) is -3.64. The van der Waals surface area contributed by atoms with Gasteiger partial charge in [-0.15, -0.1) is 0 Å². The molecule has 1 N–H and O–H groups in total. The van der Waals surface area contributed by atoms with E-state index in [1.165, 1.54) is 0 Å². The lowest BCUT2D eigenvalue weighted by Crippen LogP contribution is -2.45. The summed E-state index contributed by atoms with van der Waals surface area (Å²) in [4.78, 5) is 5.94. The van der Waals surface area contributed by atoms with E-state index >= 15 is 0 Å². The first kappa shape index (κ1) is 20.9. The van der Waals surface area contributed by atoms with Crippen LogP contribution in [0.15, 0.2) is 41.3 Å². The summed E-state index contributed by atoms with van der Waals surface area (Å²) in [6, 6.07) is 7.57. The molecule has 1 aromatic carbocycles. The lowest BCUT2D eigenvalue weighted by Gasteiger charge is -2.33. The quantitative estimate of drug-likeness (QED) is 0.791. The van der Waals surface area contributed by atoms with Gasteiger partial charge in [-0.1, -0.05) is 17.7 Å². The summed E-state index contributed by atoms with van der Waals surface area (Å²) in [5.41, 5.74) is -0.169. The Morgan fingerprint density at radius 2 is 1.86 bits per heavy atom. The number of anilines is 1. The van der Waals surface area contributed by atoms with Crippen molar-refractivity contribution in [3.8, 4) is 0 Å². The minimum absolute atomic E-state index is 0.248. The molecule has 0 aliphatic carbocycles. The molecule has 1 fully saturated rings. The highest BCUT2D eigenvalue weighted by Gasteiger charge is 2.33. The average Bonchev–Trinajstić information content (AvgIpc) is 2.61. The van der Waals surface area contributed by atoms with Crippen LogP contribution in [-0.4, -0.2) is 32.5 Å². The molecule has 1 aliphatic rings. The first-order valence-corrected chi connectivity index (χ1v) is 10.5. The Morgan fingerprint density at radius 1 is 1.18 bits per heavy atom. The van der Waals surface area contributed by atoms with Crippen LogP contribution in [0.3, 0.4) is 0 Å². The highest BCUT2D eigenvalue weighted by molar-refractivity contribution is 7.89. The summed E-state index contributed by atoms with van der Waals surface area (Å²) in [5.74, 6) is 0.822. The number of alkyl halides is 3. The smallest absolute Gasteiger partial charge is 0.356 e. The van der Waals surface area contributed by atoms with Crippen molar-refractivity contribution in [2.75, 3.05) is 18.0 Å². The molecule has 1 aliphatic heterocycles. The molecule has 152 valence electrons. The third kappa shape index (κ3) is 4.76. The zero-order valence-electron chi connectivity index (χ0n) is 15.0. The molecular weight excluding hydrogens is 415 g/mol. The SMILES string of the molecule is Cc1cccc(N2CCC(NS(=O)(=O)c3cc(C(F)(F)F)ccc3Cl)CC2)n1. The molecule has 3 rings (SSSR count). The molecule has 10 heteroatoms. The first-order valence-electron chi connectivity index (χ1n) is 8.64. The van der Waals surface area contributed by atoms with Crippen LogP contribution in [0.4, 0.5) is 19.0 Å². The van der Waals surface area contributed by atoms with E-state index in [9.17, 15) is 21.6 Å². The van der Waals surface area contributed by atoms with Crippen molar-refractivity contribution in [2.45, 2.75) is 36.9 Å². The van der Waals surface area contributed by atoms with Crippen molar-refractivity contribution in [1.82, 2.24) is 9.71 Å². The van der Waals surface area contributed by atoms with Crippen molar-refractivity contribution in [1.29, 1.82) is 0 Å². The van der Waals surface area contributed by atoms with E-state index in [2.05, 4.69) is 14.6 Å². The van der Waals surface area contributed by atoms with Gasteiger partial charge in [0, 0.05) is 24.8 Å². The van der Waals surface area contributed by atoms with E-state index in [-0.39, 0.29) is 5.02 Å². The summed E-state index contributed by atoms with van der Waals surface area (Å²) < 4.78 is 66.4. The van der Waals surface area contributed by atoms with E-state index in [4.69, 9.17) is 11.6 Å². The predicted octanol–water partition coefficient (Wildman–Crippen LogP) is 4.01. The number of hydrogen-bond acceptors (Lipinski definition) is 4. The number of piperidine rings is 1. The van der Waals surface area contributed by atoms with Crippen LogP contribution in [-0.2, 0) is 16.2 Å². The van der Waals surface area contributed by atoms with E-state index in [0.29, 0.717) is 32.0 Å². The third-order valence-electron chi connectivity index (χ3n) is 4.56. The fourth-order valence-corrected chi connectivity index (χ4v) is 4.93. The summed E-state index contributed by atoms with van der Waals surface area (Å²) >= 11 is 5.86. The van der Waals surface area contributed by atoms with Crippen LogP contribution < -0.4 is 9.62 Å². The number of benzene rings is 1. The molecule has 5 nitrogen and oxygen atoms in total. The number of rotatable bonds is 4. The zero-order chi connectivity index (χ0) is 20.5. The van der Waals surface area contributed by atoms with Gasteiger partial charge in [0.1, 0.15) is 10.7 Å². The molecule has 0 amide bonds. The van der Waals surface area contributed by atoms with E-state index in [1.807, 2.05) is 25.1 Å². The monoisotopic (exact) mass is 433 g/mol. The molecule has 0 saturated carbocycles. The zero-order valence-corrected chi connectivity index (χ0v) is 16.6. The Morgan fingerprint density at radius 3 is 2.46 bits per heavy atom. The average molecular weight is 434 g/mol. The fourth-order valence-electron chi connectivity index (χ4n) is 3.10. The van der Waals surface area contributed by atoms with Gasteiger partial charge in [0.25, 0.3) is 0 Å². The molecule has 28 heavy (non-hydrogen) atoms. The van der Waals surface area contributed by atoms with Crippen molar-refractivity contribution in [3.05, 3.63) is 52.7 Å². The standard InChI is InChI=1S/C18H19ClF3N3O2S/c1-12-3-2-4-17(23-12)25-9-7-14(8-10-25)24-28(26,27)16-11-13(18(20,21)22)5-6-15(16)19/h2-6,11,14,24H,7-10H2,1H3. The molecule has 1 saturated heterocycles. The Kier molecular flexibility index (Phi) is 5.88. The van der Waals surface area contributed by atoms with Gasteiger partial charge in [0.05, 0.1) is 10.6 Å². The number of hydrogen-bond donors (Lipinski definition) is 1. The van der Waals surface area contributed by atoms with Gasteiger partial charge < -0.3 is 4.90 Å². The normalized spacial score (nSPS) is 16.4. The number of sulfonamides is 1. The lowest BCUT2D eigenvalue weighted by molar-refractivity contribution is -0.137. The van der Waals surface area contributed by atoms with Crippen molar-refractivity contribution in [2.24, 2.45) is 0 Å². The third-order valence-corrected chi connectivity index (χ3v) is 6.56. The Labute approximate surface area is 166 Å². The van der Waals surface area contributed by atoms with Gasteiger partial charge in [-0.25, -0.2) is 18.1 Å². The maximum Gasteiger partial charge on any atom is 0.416 e. The number of nitrogens with one attached hydrogen (secondary N) is 1. The van der Waals surface area contributed by atoms with Gasteiger partial charge in [-0.05, 0) is 50.1 Å². The molecule has 0 spiro atoms. The largest absolute Gasteiger partial charge is 0.416 e. The second-order valence-corrected chi connectivity index (χ2v) is 8.75. The molecule has 0 radical (unpaired) electrons. The van der Waals surface area contributed by atoms with Crippen LogP contribution in [0.5, 0.6) is 0 Å². The summed E-state index contributed by atoms with van der Waals surface area (Å²) in [6.45, 7) is 3.06. The number of aryl methyl sites for hydroxylation is 1. The van der Waals surface area contributed by atoms with E-state index in [1.54, 1.807) is 0 Å². The Hall–Kier alpha value is -1.84. The number of aromatic nitrogens is 1. The molecule has 0 atom stereocenters. The summed E-state index contributed by atoms with van der Waals surface area (Å²) in [5, 5.41) is -0.248. The molecule has 2 aromatic rings. The van der Waals surface area contributed by atoms with Gasteiger partial charge in [-0.3, -0.25) is 0 Å². The Balaban J connectivity index is 1.71. The van der Waals surface area contributed by atoms with Crippen LogP contribution in [0.1, 0.15) is 24.1 Å². The maximum atomic E-state index is 12.9. The highest BCUT2D eigenvalue weighted by atomic mass is 35.5. The lowest BCUT2D eigenvalue weighted by atomic mass is 10.1. The number of nitrogens with zero attached hydrogens (tertiary/aromatic N) is 2. The second kappa shape index (κ2) is 7.88. The first-order chi connectivity index (χ1) is 13.1. The van der Waals surface area contributed by atoms with Crippen LogP contribution in [0, 0.1) is 6.92 Å². The topological polar surface area (TPSA) is 62.3 Å². The van der Waals surface area contributed by atoms with Crippen molar-refractivity contribution < 1.29 is 21.6 Å². The van der Waals surface area contributed by atoms with Gasteiger partial charge >= 0.3 is 6.18 Å². The van der Waals surface area contributed by atoms with Gasteiger partial charge in [0.2, 0.25) is 10.0 Å². The van der Waals surface area contributed by atoms with E-state index < -0.39 is 32.7 Å². The van der Waals surface area contributed by atoms with Crippen LogP contribution in [0.25, 0.3) is 0 Å². The minimum Gasteiger partial charge on any atom is -0.356 e. The summed E-state index contributed by atoms with van der Waals surface area (Å²) in [7, 11) is -4.18. The molecule has 2 heterocycles. The second-order valence-electron chi connectivity index (χ2n) is 6.66. The highest BCUT2D eigenvalue weighted by Crippen LogP contribution is 2.33. The number of pyridine rings is 1. The van der Waals surface area contributed by atoms with E-state index in [0.717, 1.165) is 23.6 Å². The predicted molar refractivity (Wildman–Crippen MR) is 101 cm³/mol. The Bertz CT molecular complexity index is 959.